The molecule has 0 spiro atoms. The van der Waals surface area contributed by atoms with E-state index in [0.29, 0.717) is 29.7 Å². The van der Waals surface area contributed by atoms with Crippen molar-refractivity contribution >= 4 is 34.2 Å². The quantitative estimate of drug-likeness (QED) is 0.659. The fourth-order valence-corrected chi connectivity index (χ4v) is 3.74. The molecular formula is C22H19F3N4O2. The second-order valence-electron chi connectivity index (χ2n) is 7.34. The number of para-hydroxylation sites is 1. The number of halogens is 3. The molecule has 4 rings (SSSR count). The van der Waals surface area contributed by atoms with Gasteiger partial charge in [0.2, 0.25) is 0 Å². The Hall–Kier alpha value is -3.62. The van der Waals surface area contributed by atoms with Crippen LogP contribution in [0.5, 0.6) is 0 Å². The maximum absolute atomic E-state index is 13.3. The van der Waals surface area contributed by atoms with E-state index in [1.165, 1.54) is 12.1 Å². The molecule has 0 saturated carbocycles. The summed E-state index contributed by atoms with van der Waals surface area (Å²) in [5.41, 5.74) is 0.621. The van der Waals surface area contributed by atoms with Gasteiger partial charge < -0.3 is 10.2 Å². The highest BCUT2D eigenvalue weighted by Crippen LogP contribution is 2.35. The number of fused-ring (bicyclic) bond motifs is 1. The molecule has 2 heterocycles. The topological polar surface area (TPSA) is 65.5 Å². The van der Waals surface area contributed by atoms with Crippen molar-refractivity contribution in [3.8, 4) is 0 Å². The second kappa shape index (κ2) is 7.57. The maximum atomic E-state index is 13.3. The van der Waals surface area contributed by atoms with Crippen LogP contribution in [-0.4, -0.2) is 42.0 Å². The first-order valence-electron chi connectivity index (χ1n) is 9.57. The number of alkyl halides is 3. The van der Waals surface area contributed by atoms with Crippen LogP contribution in [0.4, 0.5) is 29.3 Å². The first kappa shape index (κ1) is 20.6. The first-order valence-corrected chi connectivity index (χ1v) is 9.57. The van der Waals surface area contributed by atoms with Gasteiger partial charge in [0, 0.05) is 31.7 Å². The van der Waals surface area contributed by atoms with Crippen molar-refractivity contribution in [1.29, 1.82) is 0 Å². The third-order valence-corrected chi connectivity index (χ3v) is 5.26. The van der Waals surface area contributed by atoms with Crippen LogP contribution in [0.15, 0.2) is 48.7 Å². The van der Waals surface area contributed by atoms with Gasteiger partial charge in [0.25, 0.3) is 5.91 Å². The molecule has 31 heavy (non-hydrogen) atoms. The standard InChI is InChI=1S/C22H19F3N4O2/c1-13-12-26-18-15(19(13)29-11-10-28(2)21(29)31)7-5-9-17(18)27-20(30)14-6-3-4-8-16(14)22(23,24)25/h3-9,12H,10-11H2,1-2H3,(H,27,30). The van der Waals surface area contributed by atoms with E-state index >= 15 is 0 Å². The van der Waals surface area contributed by atoms with Gasteiger partial charge in [0.15, 0.2) is 0 Å². The highest BCUT2D eigenvalue weighted by molar-refractivity contribution is 6.12. The van der Waals surface area contributed by atoms with E-state index in [9.17, 15) is 22.8 Å². The van der Waals surface area contributed by atoms with Crippen LogP contribution in [-0.2, 0) is 6.18 Å². The Morgan fingerprint density at radius 1 is 1.10 bits per heavy atom. The molecule has 1 aromatic heterocycles. The highest BCUT2D eigenvalue weighted by atomic mass is 19.4. The molecular weight excluding hydrogens is 409 g/mol. The summed E-state index contributed by atoms with van der Waals surface area (Å²) in [5, 5.41) is 3.19. The van der Waals surface area contributed by atoms with Crippen LogP contribution in [0, 0.1) is 6.92 Å². The molecule has 1 aliphatic heterocycles. The van der Waals surface area contributed by atoms with Gasteiger partial charge in [0.05, 0.1) is 28.0 Å². The van der Waals surface area contributed by atoms with Crippen LogP contribution in [0.3, 0.4) is 0 Å². The van der Waals surface area contributed by atoms with Crippen molar-refractivity contribution < 1.29 is 22.8 Å². The normalized spacial score (nSPS) is 14.4. The van der Waals surface area contributed by atoms with Crippen molar-refractivity contribution in [3.05, 3.63) is 65.4 Å². The number of nitrogens with zero attached hydrogens (tertiary/aromatic N) is 3. The zero-order valence-corrected chi connectivity index (χ0v) is 16.8. The summed E-state index contributed by atoms with van der Waals surface area (Å²) in [7, 11) is 1.71. The smallest absolute Gasteiger partial charge is 0.326 e. The molecule has 1 aliphatic rings. The first-order chi connectivity index (χ1) is 14.7. The minimum Gasteiger partial charge on any atom is -0.326 e. The highest BCUT2D eigenvalue weighted by Gasteiger charge is 2.35. The number of rotatable bonds is 3. The minimum atomic E-state index is -4.66. The average molecular weight is 428 g/mol. The zero-order chi connectivity index (χ0) is 22.3. The number of pyridine rings is 1. The molecule has 1 saturated heterocycles. The van der Waals surface area contributed by atoms with Gasteiger partial charge >= 0.3 is 12.2 Å². The Morgan fingerprint density at radius 3 is 2.52 bits per heavy atom. The average Bonchev–Trinajstić information content (AvgIpc) is 3.05. The number of aromatic nitrogens is 1. The van der Waals surface area contributed by atoms with Crippen molar-refractivity contribution in [1.82, 2.24) is 9.88 Å². The van der Waals surface area contributed by atoms with Crippen LogP contribution in [0.1, 0.15) is 21.5 Å². The molecule has 1 N–H and O–H groups in total. The monoisotopic (exact) mass is 428 g/mol. The van der Waals surface area contributed by atoms with E-state index in [4.69, 9.17) is 0 Å². The molecule has 0 aliphatic carbocycles. The second-order valence-corrected chi connectivity index (χ2v) is 7.34. The van der Waals surface area contributed by atoms with E-state index in [1.807, 2.05) is 6.92 Å². The lowest BCUT2D eigenvalue weighted by Gasteiger charge is -2.21. The molecule has 1 fully saturated rings. The number of benzene rings is 2. The summed E-state index contributed by atoms with van der Waals surface area (Å²) in [4.78, 5) is 32.9. The molecule has 9 heteroatoms. The molecule has 2 aromatic carbocycles. The summed E-state index contributed by atoms with van der Waals surface area (Å²) in [6.07, 6.45) is -3.07. The molecule has 3 aromatic rings. The number of hydrogen-bond donors (Lipinski definition) is 1. The summed E-state index contributed by atoms with van der Waals surface area (Å²) in [5.74, 6) is -0.888. The van der Waals surface area contributed by atoms with Gasteiger partial charge in [0.1, 0.15) is 0 Å². The van der Waals surface area contributed by atoms with Crippen molar-refractivity contribution in [2.24, 2.45) is 0 Å². The lowest BCUT2D eigenvalue weighted by atomic mass is 10.1. The van der Waals surface area contributed by atoms with E-state index in [0.717, 1.165) is 17.7 Å². The van der Waals surface area contributed by atoms with E-state index < -0.39 is 23.2 Å². The predicted octanol–water partition coefficient (Wildman–Crippen LogP) is 4.69. The van der Waals surface area contributed by atoms with E-state index in [2.05, 4.69) is 10.3 Å². The Kier molecular flexibility index (Phi) is 5.04. The van der Waals surface area contributed by atoms with Gasteiger partial charge in [-0.3, -0.25) is 14.7 Å². The Labute approximate surface area is 176 Å². The molecule has 0 bridgehead atoms. The van der Waals surface area contributed by atoms with Crippen molar-refractivity contribution in [2.45, 2.75) is 13.1 Å². The van der Waals surface area contributed by atoms with Gasteiger partial charge in [-0.15, -0.1) is 0 Å². The van der Waals surface area contributed by atoms with Crippen LogP contribution in [0.2, 0.25) is 0 Å². The Balaban J connectivity index is 1.76. The van der Waals surface area contributed by atoms with Crippen LogP contribution < -0.4 is 10.2 Å². The van der Waals surface area contributed by atoms with Gasteiger partial charge in [-0.25, -0.2) is 4.79 Å². The summed E-state index contributed by atoms with van der Waals surface area (Å²) in [6, 6.07) is 9.47. The molecule has 160 valence electrons. The fraction of sp³-hybridized carbons (Fsp3) is 0.227. The van der Waals surface area contributed by atoms with Gasteiger partial charge in [-0.2, -0.15) is 13.2 Å². The molecule has 0 radical (unpaired) electrons. The van der Waals surface area contributed by atoms with Gasteiger partial charge in [-0.05, 0) is 30.7 Å². The van der Waals surface area contributed by atoms with Crippen LogP contribution in [0.25, 0.3) is 10.9 Å². The molecule has 0 atom stereocenters. The summed E-state index contributed by atoms with van der Waals surface area (Å²) >= 11 is 0. The number of amides is 3. The molecule has 0 unspecified atom stereocenters. The number of urea groups is 1. The largest absolute Gasteiger partial charge is 0.417 e. The number of anilines is 2. The third-order valence-electron chi connectivity index (χ3n) is 5.26. The fourth-order valence-electron chi connectivity index (χ4n) is 3.74. The van der Waals surface area contributed by atoms with Crippen molar-refractivity contribution in [2.75, 3.05) is 30.4 Å². The Bertz CT molecular complexity index is 1190. The number of nitrogens with one attached hydrogen (secondary N) is 1. The molecule has 3 amide bonds. The van der Waals surface area contributed by atoms with Crippen molar-refractivity contribution in [3.63, 3.8) is 0 Å². The Morgan fingerprint density at radius 2 is 1.84 bits per heavy atom. The lowest BCUT2D eigenvalue weighted by Crippen LogP contribution is -2.30. The lowest BCUT2D eigenvalue weighted by molar-refractivity contribution is -0.137. The van der Waals surface area contributed by atoms with Gasteiger partial charge in [-0.1, -0.05) is 24.3 Å². The zero-order valence-electron chi connectivity index (χ0n) is 16.8. The number of hydrogen-bond acceptors (Lipinski definition) is 3. The number of carbonyl (C=O) groups excluding carboxylic acids is 2. The molecule has 6 nitrogen and oxygen atoms in total. The summed E-state index contributed by atoms with van der Waals surface area (Å²) < 4.78 is 39.9. The summed E-state index contributed by atoms with van der Waals surface area (Å²) in [6.45, 7) is 2.91. The van der Waals surface area contributed by atoms with E-state index in [-0.39, 0.29) is 11.7 Å². The number of likely N-dealkylation sites (N-methyl/N-ethyl adjacent to an activating group) is 1. The maximum Gasteiger partial charge on any atom is 0.417 e. The number of aryl methyl sites for hydroxylation is 1. The van der Waals surface area contributed by atoms with Crippen LogP contribution >= 0.6 is 0 Å². The SMILES string of the molecule is Cc1cnc2c(NC(=O)c3ccccc3C(F)(F)F)cccc2c1N1CCN(C)C1=O. The van der Waals surface area contributed by atoms with E-state index in [1.54, 1.807) is 41.2 Å². The minimum absolute atomic E-state index is 0.149. The third kappa shape index (κ3) is 3.67. The predicted molar refractivity (Wildman–Crippen MR) is 111 cm³/mol. The number of carbonyl (C=O) groups is 2.